The zero-order valence-electron chi connectivity index (χ0n) is 14.2. The van der Waals surface area contributed by atoms with Crippen molar-refractivity contribution in [3.8, 4) is 0 Å². The van der Waals surface area contributed by atoms with E-state index in [1.54, 1.807) is 12.1 Å². The molecule has 0 aromatic heterocycles. The van der Waals surface area contributed by atoms with Gasteiger partial charge in [-0.2, -0.15) is 0 Å². The molecule has 3 amide bonds. The van der Waals surface area contributed by atoms with Gasteiger partial charge in [0.15, 0.2) is 0 Å². The highest BCUT2D eigenvalue weighted by atomic mass is 35.5. The second kappa shape index (κ2) is 7.87. The highest BCUT2D eigenvalue weighted by Crippen LogP contribution is 2.35. The Morgan fingerprint density at radius 2 is 1.96 bits per heavy atom. The number of carbonyl (C=O) groups excluding carboxylic acids is 2. The summed E-state index contributed by atoms with van der Waals surface area (Å²) in [5.74, 6) is -1.44. The van der Waals surface area contributed by atoms with Crippen LogP contribution in [0.1, 0.15) is 11.6 Å². The van der Waals surface area contributed by atoms with Gasteiger partial charge in [-0.05, 0) is 23.8 Å². The van der Waals surface area contributed by atoms with E-state index in [1.165, 1.54) is 30.3 Å². The summed E-state index contributed by atoms with van der Waals surface area (Å²) in [6.45, 7) is 3.77. The van der Waals surface area contributed by atoms with E-state index in [-0.39, 0.29) is 22.1 Å². The summed E-state index contributed by atoms with van der Waals surface area (Å²) in [7, 11) is 0. The van der Waals surface area contributed by atoms with Crippen LogP contribution in [0.5, 0.6) is 0 Å². The molecule has 28 heavy (non-hydrogen) atoms. The second-order valence-corrected chi connectivity index (χ2v) is 6.89. The van der Waals surface area contributed by atoms with Crippen LogP contribution < -0.4 is 16.0 Å². The molecule has 0 bridgehead atoms. The Hall–Kier alpha value is -3.10. The van der Waals surface area contributed by atoms with Crippen molar-refractivity contribution in [1.82, 2.24) is 10.6 Å². The lowest BCUT2D eigenvalue weighted by atomic mass is 9.88. The van der Waals surface area contributed by atoms with Crippen LogP contribution in [0.15, 0.2) is 54.7 Å². The quantitative estimate of drug-likeness (QED) is 0.511. The fourth-order valence-corrected chi connectivity index (χ4v) is 3.45. The zero-order valence-corrected chi connectivity index (χ0v) is 15.8. The van der Waals surface area contributed by atoms with E-state index < -0.39 is 28.8 Å². The minimum absolute atomic E-state index is 0.163. The van der Waals surface area contributed by atoms with Crippen LogP contribution in [0.3, 0.4) is 0 Å². The smallest absolute Gasteiger partial charge is 0.319 e. The first-order valence-corrected chi connectivity index (χ1v) is 8.78. The van der Waals surface area contributed by atoms with Crippen molar-refractivity contribution in [2.75, 3.05) is 5.32 Å². The lowest BCUT2D eigenvalue weighted by Gasteiger charge is -2.34. The summed E-state index contributed by atoms with van der Waals surface area (Å²) in [6, 6.07) is 8.91. The van der Waals surface area contributed by atoms with Crippen LogP contribution in [0.25, 0.3) is 0 Å². The first-order chi connectivity index (χ1) is 13.3. The van der Waals surface area contributed by atoms with Crippen LogP contribution in [0.4, 0.5) is 16.2 Å². The van der Waals surface area contributed by atoms with Gasteiger partial charge in [-0.25, -0.2) is 4.79 Å². The highest BCUT2D eigenvalue weighted by molar-refractivity contribution is 6.35. The maximum atomic E-state index is 12.9. The van der Waals surface area contributed by atoms with E-state index >= 15 is 0 Å². The van der Waals surface area contributed by atoms with Gasteiger partial charge < -0.3 is 16.0 Å². The number of anilines is 1. The summed E-state index contributed by atoms with van der Waals surface area (Å²) in [5.41, 5.74) is 0.734. The number of amides is 3. The topological polar surface area (TPSA) is 113 Å². The molecule has 1 heterocycles. The Labute approximate surface area is 169 Å². The van der Waals surface area contributed by atoms with Crippen LogP contribution in [-0.2, 0) is 4.79 Å². The third-order valence-electron chi connectivity index (χ3n) is 4.17. The van der Waals surface area contributed by atoms with E-state index in [9.17, 15) is 19.7 Å². The minimum Gasteiger partial charge on any atom is -0.330 e. The number of nitrogens with zero attached hydrogens (tertiary/aromatic N) is 1. The van der Waals surface area contributed by atoms with Crippen LogP contribution in [0.2, 0.25) is 10.0 Å². The highest BCUT2D eigenvalue weighted by Gasteiger charge is 2.38. The van der Waals surface area contributed by atoms with Gasteiger partial charge >= 0.3 is 6.03 Å². The fourth-order valence-electron chi connectivity index (χ4n) is 2.92. The molecule has 3 N–H and O–H groups in total. The predicted molar refractivity (Wildman–Crippen MR) is 105 cm³/mol. The molecule has 8 nitrogen and oxygen atoms in total. The molecule has 2 aromatic rings. The summed E-state index contributed by atoms with van der Waals surface area (Å²) in [6.07, 6.45) is 0. The SMILES string of the molecule is C=C1NC(=O)N[C@@H](c2ccc(Cl)cc2Cl)[C@@H]1C(=O)Nc1cccc([N+](=O)[O-])c1. The standard InChI is InChI=1S/C18H14Cl2N4O4/c1-9-15(17(25)22-11-3-2-4-12(8-11)24(27)28)16(23-18(26)21-9)13-6-5-10(19)7-14(13)20/h2-8,15-16H,1H2,(H,22,25)(H2,21,23,26)/t15-,16+/m1/s1. The monoisotopic (exact) mass is 420 g/mol. The number of nitro groups is 1. The average molecular weight is 421 g/mol. The van der Waals surface area contributed by atoms with Gasteiger partial charge in [0, 0.05) is 33.6 Å². The molecule has 1 fully saturated rings. The molecule has 3 rings (SSSR count). The number of non-ortho nitro benzene ring substituents is 1. The van der Waals surface area contributed by atoms with E-state index in [0.29, 0.717) is 10.6 Å². The molecule has 1 saturated heterocycles. The molecule has 0 radical (unpaired) electrons. The lowest BCUT2D eigenvalue weighted by Crippen LogP contribution is -2.51. The van der Waals surface area contributed by atoms with Gasteiger partial charge in [0.25, 0.3) is 5.69 Å². The molecule has 0 saturated carbocycles. The molecule has 10 heteroatoms. The molecule has 0 aliphatic carbocycles. The lowest BCUT2D eigenvalue weighted by molar-refractivity contribution is -0.384. The van der Waals surface area contributed by atoms with Crippen molar-refractivity contribution in [3.63, 3.8) is 0 Å². The van der Waals surface area contributed by atoms with Crippen molar-refractivity contribution in [2.24, 2.45) is 5.92 Å². The molecule has 1 aliphatic heterocycles. The number of rotatable bonds is 4. The van der Waals surface area contributed by atoms with Crippen molar-refractivity contribution in [3.05, 3.63) is 80.5 Å². The number of carbonyl (C=O) groups is 2. The number of nitro benzene ring substituents is 1. The molecule has 0 spiro atoms. The van der Waals surface area contributed by atoms with E-state index in [1.807, 2.05) is 0 Å². The second-order valence-electron chi connectivity index (χ2n) is 6.04. The van der Waals surface area contributed by atoms with Gasteiger partial charge in [-0.1, -0.05) is 41.9 Å². The minimum atomic E-state index is -0.921. The van der Waals surface area contributed by atoms with Gasteiger partial charge in [0.2, 0.25) is 5.91 Å². The van der Waals surface area contributed by atoms with E-state index in [4.69, 9.17) is 23.2 Å². The molecule has 2 aromatic carbocycles. The third kappa shape index (κ3) is 4.08. The molecule has 0 unspecified atom stereocenters. The Bertz CT molecular complexity index is 995. The predicted octanol–water partition coefficient (Wildman–Crippen LogP) is 4.02. The number of nitrogens with one attached hydrogen (secondary N) is 3. The summed E-state index contributed by atoms with van der Waals surface area (Å²) in [4.78, 5) is 35.2. The average Bonchev–Trinajstić information content (AvgIpc) is 2.61. The Kier molecular flexibility index (Phi) is 5.53. The molecule has 144 valence electrons. The number of halogens is 2. The van der Waals surface area contributed by atoms with Crippen molar-refractivity contribution < 1.29 is 14.5 Å². The van der Waals surface area contributed by atoms with E-state index in [2.05, 4.69) is 22.5 Å². The van der Waals surface area contributed by atoms with Gasteiger partial charge in [0.1, 0.15) is 5.92 Å². The van der Waals surface area contributed by atoms with E-state index in [0.717, 1.165) is 0 Å². The normalized spacial score (nSPS) is 18.8. The van der Waals surface area contributed by atoms with Crippen molar-refractivity contribution in [1.29, 1.82) is 0 Å². The molecule has 2 atom stereocenters. The Morgan fingerprint density at radius 1 is 1.21 bits per heavy atom. The Balaban J connectivity index is 1.92. The van der Waals surface area contributed by atoms with Crippen LogP contribution >= 0.6 is 23.2 Å². The maximum absolute atomic E-state index is 12.9. The van der Waals surface area contributed by atoms with Gasteiger partial charge in [0.05, 0.1) is 11.0 Å². The molecular weight excluding hydrogens is 407 g/mol. The largest absolute Gasteiger partial charge is 0.330 e. The van der Waals surface area contributed by atoms with Gasteiger partial charge in [-0.15, -0.1) is 0 Å². The van der Waals surface area contributed by atoms with Gasteiger partial charge in [-0.3, -0.25) is 14.9 Å². The van der Waals surface area contributed by atoms with Crippen molar-refractivity contribution in [2.45, 2.75) is 6.04 Å². The number of benzene rings is 2. The molecule has 1 aliphatic rings. The number of urea groups is 1. The van der Waals surface area contributed by atoms with Crippen molar-refractivity contribution >= 4 is 46.5 Å². The molecular formula is C18H14Cl2N4O4. The summed E-state index contributed by atoms with van der Waals surface area (Å²) < 4.78 is 0. The first-order valence-electron chi connectivity index (χ1n) is 8.03. The number of hydrogen-bond acceptors (Lipinski definition) is 4. The third-order valence-corrected chi connectivity index (χ3v) is 4.74. The fraction of sp³-hybridized carbons (Fsp3) is 0.111. The van der Waals surface area contributed by atoms with Crippen LogP contribution in [-0.4, -0.2) is 16.9 Å². The first kappa shape index (κ1) is 19.7. The zero-order chi connectivity index (χ0) is 20.4. The van der Waals surface area contributed by atoms with Crippen LogP contribution in [0, 0.1) is 16.0 Å². The maximum Gasteiger partial charge on any atom is 0.319 e. The Morgan fingerprint density at radius 3 is 2.64 bits per heavy atom. The number of hydrogen-bond donors (Lipinski definition) is 3. The summed E-state index contributed by atoms with van der Waals surface area (Å²) >= 11 is 12.2. The summed E-state index contributed by atoms with van der Waals surface area (Å²) in [5, 5.41) is 19.4.